The van der Waals surface area contributed by atoms with Crippen LogP contribution in [0.1, 0.15) is 5.56 Å². The number of carbonyl (C=O) groups is 1. The number of hydrogen-bond acceptors (Lipinski definition) is 4. The van der Waals surface area contributed by atoms with Crippen LogP contribution in [0.2, 0.25) is 0 Å². The fourth-order valence-electron chi connectivity index (χ4n) is 2.95. The van der Waals surface area contributed by atoms with Gasteiger partial charge in [-0.3, -0.25) is 4.79 Å². The minimum atomic E-state index is -3.63. The highest BCUT2D eigenvalue weighted by Crippen LogP contribution is 2.21. The standard InChI is InChI=1S/C20H20BrFN2O4S/c1-28-17-4-6-18(7-5-17)29(26,27)24-12-10-23(11-13-24)20(25)9-2-15-14-16(21)3-8-19(15)22/h2-9,14H,10-13H2,1H3/b9-2+. The van der Waals surface area contributed by atoms with E-state index in [0.717, 1.165) is 0 Å². The Morgan fingerprint density at radius 2 is 1.76 bits per heavy atom. The molecule has 2 aromatic rings. The van der Waals surface area contributed by atoms with E-state index in [1.807, 2.05) is 0 Å². The van der Waals surface area contributed by atoms with Crippen LogP contribution in [0.15, 0.2) is 57.9 Å². The van der Waals surface area contributed by atoms with Gasteiger partial charge in [0.2, 0.25) is 15.9 Å². The van der Waals surface area contributed by atoms with Gasteiger partial charge in [-0.25, -0.2) is 12.8 Å². The van der Waals surface area contributed by atoms with Crippen LogP contribution < -0.4 is 4.74 Å². The number of rotatable bonds is 5. The summed E-state index contributed by atoms with van der Waals surface area (Å²) in [7, 11) is -2.12. The largest absolute Gasteiger partial charge is 0.497 e. The number of ether oxygens (including phenoxy) is 1. The molecule has 1 aliphatic heterocycles. The number of sulfonamides is 1. The Morgan fingerprint density at radius 1 is 1.10 bits per heavy atom. The van der Waals surface area contributed by atoms with E-state index < -0.39 is 15.8 Å². The molecule has 1 amide bonds. The van der Waals surface area contributed by atoms with Crippen LogP contribution >= 0.6 is 15.9 Å². The Labute approximate surface area is 177 Å². The normalized spacial score (nSPS) is 15.6. The van der Waals surface area contributed by atoms with Crippen molar-refractivity contribution >= 4 is 37.9 Å². The van der Waals surface area contributed by atoms with Crippen molar-refractivity contribution in [1.82, 2.24) is 9.21 Å². The predicted molar refractivity (Wildman–Crippen MR) is 111 cm³/mol. The van der Waals surface area contributed by atoms with Crippen LogP contribution in [0, 0.1) is 5.82 Å². The van der Waals surface area contributed by atoms with Gasteiger partial charge in [0.25, 0.3) is 0 Å². The van der Waals surface area contributed by atoms with Crippen molar-refractivity contribution in [1.29, 1.82) is 0 Å². The molecule has 1 fully saturated rings. The SMILES string of the molecule is COc1ccc(S(=O)(=O)N2CCN(C(=O)/C=C/c3cc(Br)ccc3F)CC2)cc1. The molecular formula is C20H20BrFN2O4S. The summed E-state index contributed by atoms with van der Waals surface area (Å²) in [6.07, 6.45) is 2.72. The average molecular weight is 483 g/mol. The van der Waals surface area contributed by atoms with Crippen molar-refractivity contribution in [3.8, 4) is 5.75 Å². The predicted octanol–water partition coefficient (Wildman–Crippen LogP) is 3.14. The second-order valence-electron chi connectivity index (χ2n) is 6.40. The summed E-state index contributed by atoms with van der Waals surface area (Å²) < 4.78 is 46.4. The maximum absolute atomic E-state index is 13.8. The summed E-state index contributed by atoms with van der Waals surface area (Å²) in [5.41, 5.74) is 0.299. The van der Waals surface area contributed by atoms with Crippen molar-refractivity contribution in [3.63, 3.8) is 0 Å². The van der Waals surface area contributed by atoms with E-state index in [1.165, 1.54) is 41.8 Å². The molecule has 0 saturated carbocycles. The number of piperazine rings is 1. The van der Waals surface area contributed by atoms with Gasteiger partial charge in [-0.05, 0) is 48.5 Å². The number of halogens is 2. The van der Waals surface area contributed by atoms with E-state index >= 15 is 0 Å². The van der Waals surface area contributed by atoms with E-state index in [4.69, 9.17) is 4.74 Å². The van der Waals surface area contributed by atoms with Crippen molar-refractivity contribution < 1.29 is 22.3 Å². The lowest BCUT2D eigenvalue weighted by molar-refractivity contribution is -0.127. The smallest absolute Gasteiger partial charge is 0.246 e. The quantitative estimate of drug-likeness (QED) is 0.613. The minimum absolute atomic E-state index is 0.183. The number of hydrogen-bond donors (Lipinski definition) is 0. The molecule has 0 atom stereocenters. The second kappa shape index (κ2) is 9.06. The molecular weight excluding hydrogens is 463 g/mol. The second-order valence-corrected chi connectivity index (χ2v) is 9.26. The zero-order valence-corrected chi connectivity index (χ0v) is 18.1. The number of benzene rings is 2. The van der Waals surface area contributed by atoms with E-state index in [9.17, 15) is 17.6 Å². The van der Waals surface area contributed by atoms with Crippen LogP contribution in [0.3, 0.4) is 0 Å². The molecule has 0 aliphatic carbocycles. The first-order valence-electron chi connectivity index (χ1n) is 8.87. The number of amides is 1. The van der Waals surface area contributed by atoms with E-state index in [-0.39, 0.29) is 37.0 Å². The highest BCUT2D eigenvalue weighted by molar-refractivity contribution is 9.10. The molecule has 1 aliphatic rings. The molecule has 3 rings (SSSR count). The summed E-state index contributed by atoms with van der Waals surface area (Å²) in [6, 6.07) is 10.7. The van der Waals surface area contributed by atoms with Crippen molar-refractivity contribution in [3.05, 3.63) is 64.4 Å². The lowest BCUT2D eigenvalue weighted by Gasteiger charge is -2.33. The fourth-order valence-corrected chi connectivity index (χ4v) is 4.76. The highest BCUT2D eigenvalue weighted by atomic mass is 79.9. The molecule has 0 unspecified atom stereocenters. The van der Waals surface area contributed by atoms with Gasteiger partial charge in [0.05, 0.1) is 12.0 Å². The summed E-state index contributed by atoms with van der Waals surface area (Å²) in [6.45, 7) is 0.914. The summed E-state index contributed by atoms with van der Waals surface area (Å²) in [4.78, 5) is 14.1. The molecule has 2 aromatic carbocycles. The third kappa shape index (κ3) is 5.04. The molecule has 0 N–H and O–H groups in total. The lowest BCUT2D eigenvalue weighted by atomic mass is 10.2. The lowest BCUT2D eigenvalue weighted by Crippen LogP contribution is -2.50. The number of methoxy groups -OCH3 is 1. The van der Waals surface area contributed by atoms with E-state index in [2.05, 4.69) is 15.9 Å². The van der Waals surface area contributed by atoms with Crippen LogP contribution in [0.25, 0.3) is 6.08 Å². The van der Waals surface area contributed by atoms with Gasteiger partial charge < -0.3 is 9.64 Å². The van der Waals surface area contributed by atoms with Gasteiger partial charge >= 0.3 is 0 Å². The van der Waals surface area contributed by atoms with Crippen molar-refractivity contribution in [2.75, 3.05) is 33.3 Å². The molecule has 9 heteroatoms. The maximum Gasteiger partial charge on any atom is 0.246 e. The van der Waals surface area contributed by atoms with Crippen LogP contribution in [0.5, 0.6) is 5.75 Å². The van der Waals surface area contributed by atoms with E-state index in [1.54, 1.807) is 29.2 Å². The van der Waals surface area contributed by atoms with Gasteiger partial charge in [-0.15, -0.1) is 0 Å². The van der Waals surface area contributed by atoms with Crippen molar-refractivity contribution in [2.24, 2.45) is 0 Å². The van der Waals surface area contributed by atoms with Gasteiger partial charge in [0.15, 0.2) is 0 Å². The van der Waals surface area contributed by atoms with E-state index in [0.29, 0.717) is 15.8 Å². The van der Waals surface area contributed by atoms with Crippen LogP contribution in [-0.4, -0.2) is 56.8 Å². The molecule has 29 heavy (non-hydrogen) atoms. The highest BCUT2D eigenvalue weighted by Gasteiger charge is 2.29. The molecule has 0 spiro atoms. The molecule has 6 nitrogen and oxygen atoms in total. The summed E-state index contributed by atoms with van der Waals surface area (Å²) in [5.74, 6) is -0.133. The molecule has 0 radical (unpaired) electrons. The zero-order valence-electron chi connectivity index (χ0n) is 15.7. The topological polar surface area (TPSA) is 66.9 Å². The third-order valence-electron chi connectivity index (χ3n) is 4.61. The molecule has 154 valence electrons. The van der Waals surface area contributed by atoms with Gasteiger partial charge in [-0.2, -0.15) is 4.31 Å². The number of nitrogens with zero attached hydrogens (tertiary/aromatic N) is 2. The Morgan fingerprint density at radius 3 is 2.38 bits per heavy atom. The Bertz CT molecular complexity index is 1020. The third-order valence-corrected chi connectivity index (χ3v) is 7.02. The summed E-state index contributed by atoms with van der Waals surface area (Å²) >= 11 is 3.27. The number of carbonyl (C=O) groups excluding carboxylic acids is 1. The van der Waals surface area contributed by atoms with Gasteiger partial charge in [0, 0.05) is 42.3 Å². The summed E-state index contributed by atoms with van der Waals surface area (Å²) in [5, 5.41) is 0. The van der Waals surface area contributed by atoms with Gasteiger partial charge in [-0.1, -0.05) is 15.9 Å². The molecule has 1 saturated heterocycles. The average Bonchev–Trinajstić information content (AvgIpc) is 2.74. The maximum atomic E-state index is 13.8. The molecule has 0 bridgehead atoms. The first-order chi connectivity index (χ1) is 13.8. The minimum Gasteiger partial charge on any atom is -0.497 e. The first-order valence-corrected chi connectivity index (χ1v) is 11.1. The van der Waals surface area contributed by atoms with Crippen molar-refractivity contribution in [2.45, 2.75) is 4.90 Å². The van der Waals surface area contributed by atoms with Crippen LogP contribution in [-0.2, 0) is 14.8 Å². The van der Waals surface area contributed by atoms with Gasteiger partial charge in [0.1, 0.15) is 11.6 Å². The monoisotopic (exact) mass is 482 g/mol. The molecule has 0 aromatic heterocycles. The zero-order chi connectivity index (χ0) is 21.0. The first kappa shape index (κ1) is 21.5. The Balaban J connectivity index is 1.62. The fraction of sp³-hybridized carbons (Fsp3) is 0.250. The Hall–Kier alpha value is -2.23. The molecule has 1 heterocycles. The Kier molecular flexibility index (Phi) is 6.71. The van der Waals surface area contributed by atoms with Crippen LogP contribution in [0.4, 0.5) is 4.39 Å².